The number of quaternary nitrogens is 1. The molecule has 0 amide bonds. The highest BCUT2D eigenvalue weighted by Crippen LogP contribution is 2.01. The minimum Gasteiger partial charge on any atom is -0.623 e. The Morgan fingerprint density at radius 2 is 2.00 bits per heavy atom. The molecule has 78 valence electrons. The zero-order chi connectivity index (χ0) is 11.1. The van der Waals surface area contributed by atoms with Gasteiger partial charge in [-0.05, 0) is 31.2 Å². The van der Waals surface area contributed by atoms with Crippen LogP contribution in [0.2, 0.25) is 0 Å². The van der Waals surface area contributed by atoms with Crippen LogP contribution >= 0.6 is 0 Å². The number of rotatable bonds is 4. The summed E-state index contributed by atoms with van der Waals surface area (Å²) >= 11 is 0. The predicted molar refractivity (Wildman–Crippen MR) is 63.5 cm³/mol. The molecule has 0 saturated carbocycles. The minimum atomic E-state index is 0.0219. The monoisotopic (exact) mass is 201 g/mol. The van der Waals surface area contributed by atoms with Gasteiger partial charge in [-0.3, -0.25) is 0 Å². The first-order chi connectivity index (χ1) is 7.29. The van der Waals surface area contributed by atoms with Crippen LogP contribution in [0.4, 0.5) is 5.69 Å². The summed E-state index contributed by atoms with van der Waals surface area (Å²) in [6, 6.07) is 9.22. The van der Waals surface area contributed by atoms with Crippen molar-refractivity contribution in [3.05, 3.63) is 72.1 Å². The third-order valence-electron chi connectivity index (χ3n) is 1.94. The number of hydrogen-bond donors (Lipinski definition) is 1. The van der Waals surface area contributed by atoms with Crippen molar-refractivity contribution in [1.29, 1.82) is 0 Å². The maximum Gasteiger partial charge on any atom is 0.136 e. The lowest BCUT2D eigenvalue weighted by Gasteiger charge is -2.21. The molecular weight excluding hydrogens is 186 g/mol. The van der Waals surface area contributed by atoms with Crippen molar-refractivity contribution in [2.45, 2.75) is 6.92 Å². The van der Waals surface area contributed by atoms with Crippen molar-refractivity contribution >= 4 is 5.69 Å². The minimum absolute atomic E-state index is 0.0219. The van der Waals surface area contributed by atoms with Crippen molar-refractivity contribution < 1.29 is 5.06 Å². The Morgan fingerprint density at radius 1 is 1.33 bits per heavy atom. The molecule has 0 spiro atoms. The standard InChI is InChI=1S/C13H15NO/c1-3-8-12(9-4-2)14(15)13-10-6-5-7-11-13/h3-11,14H,1H2,2H3/b9-4-,12-8+. The molecule has 2 heteroatoms. The molecule has 0 bridgehead atoms. The molecule has 1 N–H and O–H groups in total. The van der Waals surface area contributed by atoms with E-state index in [4.69, 9.17) is 0 Å². The Hall–Kier alpha value is -1.64. The molecule has 1 rings (SSSR count). The van der Waals surface area contributed by atoms with E-state index in [0.29, 0.717) is 11.4 Å². The van der Waals surface area contributed by atoms with E-state index in [-0.39, 0.29) is 5.06 Å². The van der Waals surface area contributed by atoms with Crippen LogP contribution in [0.5, 0.6) is 0 Å². The molecule has 0 saturated heterocycles. The van der Waals surface area contributed by atoms with Gasteiger partial charge < -0.3 is 10.3 Å². The van der Waals surface area contributed by atoms with Gasteiger partial charge >= 0.3 is 0 Å². The highest BCUT2D eigenvalue weighted by molar-refractivity contribution is 5.31. The van der Waals surface area contributed by atoms with Gasteiger partial charge in [0.2, 0.25) is 0 Å². The van der Waals surface area contributed by atoms with Crippen LogP contribution in [0.15, 0.2) is 66.9 Å². The Morgan fingerprint density at radius 3 is 2.53 bits per heavy atom. The van der Waals surface area contributed by atoms with Crippen LogP contribution in [-0.4, -0.2) is 0 Å². The Labute approximate surface area is 90.4 Å². The molecule has 1 atom stereocenters. The summed E-state index contributed by atoms with van der Waals surface area (Å²) in [4.78, 5) is 0. The van der Waals surface area contributed by atoms with Crippen molar-refractivity contribution in [1.82, 2.24) is 0 Å². The van der Waals surface area contributed by atoms with Crippen LogP contribution in [0.25, 0.3) is 0 Å². The third kappa shape index (κ3) is 3.20. The highest BCUT2D eigenvalue weighted by Gasteiger charge is 2.04. The molecule has 0 heterocycles. The van der Waals surface area contributed by atoms with Gasteiger partial charge in [-0.25, -0.2) is 0 Å². The third-order valence-corrected chi connectivity index (χ3v) is 1.94. The molecule has 0 fully saturated rings. The van der Waals surface area contributed by atoms with E-state index in [2.05, 4.69) is 6.58 Å². The number of hydrogen-bond acceptors (Lipinski definition) is 1. The summed E-state index contributed by atoms with van der Waals surface area (Å²) in [5, 5.41) is 12.0. The van der Waals surface area contributed by atoms with Crippen LogP contribution in [0.3, 0.4) is 0 Å². The summed E-state index contributed by atoms with van der Waals surface area (Å²) in [5.41, 5.74) is 1.35. The average molecular weight is 201 g/mol. The first kappa shape index (κ1) is 11.4. The molecule has 1 unspecified atom stereocenters. The predicted octanol–water partition coefficient (Wildman–Crippen LogP) is 2.35. The van der Waals surface area contributed by atoms with E-state index < -0.39 is 0 Å². The molecule has 0 aliphatic heterocycles. The fraction of sp³-hybridized carbons (Fsp3) is 0.0769. The first-order valence-corrected chi connectivity index (χ1v) is 4.84. The van der Waals surface area contributed by atoms with Crippen LogP contribution in [0, 0.1) is 5.21 Å². The smallest absolute Gasteiger partial charge is 0.136 e. The molecule has 0 aliphatic carbocycles. The Balaban J connectivity index is 2.96. The second kappa shape index (κ2) is 5.96. The summed E-state index contributed by atoms with van der Waals surface area (Å²) in [6.07, 6.45) is 6.97. The molecule has 1 aromatic rings. The fourth-order valence-corrected chi connectivity index (χ4v) is 1.27. The molecule has 0 radical (unpaired) electrons. The zero-order valence-corrected chi connectivity index (χ0v) is 8.81. The quantitative estimate of drug-likeness (QED) is 0.587. The molecule has 0 aliphatic rings. The normalized spacial score (nSPS) is 14.1. The highest BCUT2D eigenvalue weighted by atomic mass is 16.5. The van der Waals surface area contributed by atoms with Crippen molar-refractivity contribution in [3.63, 3.8) is 0 Å². The number of para-hydroxylation sites is 1. The fourth-order valence-electron chi connectivity index (χ4n) is 1.27. The second-order valence-corrected chi connectivity index (χ2v) is 3.05. The van der Waals surface area contributed by atoms with Gasteiger partial charge in [-0.1, -0.05) is 36.9 Å². The average Bonchev–Trinajstić information content (AvgIpc) is 2.29. The zero-order valence-electron chi connectivity index (χ0n) is 8.81. The van der Waals surface area contributed by atoms with E-state index in [1.165, 1.54) is 0 Å². The summed E-state index contributed by atoms with van der Waals surface area (Å²) in [7, 11) is 0. The molecule has 15 heavy (non-hydrogen) atoms. The van der Waals surface area contributed by atoms with Gasteiger partial charge in [0, 0.05) is 0 Å². The largest absolute Gasteiger partial charge is 0.623 e. The van der Waals surface area contributed by atoms with Gasteiger partial charge in [0.25, 0.3) is 0 Å². The van der Waals surface area contributed by atoms with Crippen LogP contribution in [0.1, 0.15) is 6.92 Å². The maximum absolute atomic E-state index is 12.0. The van der Waals surface area contributed by atoms with Crippen molar-refractivity contribution in [2.24, 2.45) is 0 Å². The topological polar surface area (TPSA) is 27.5 Å². The van der Waals surface area contributed by atoms with E-state index in [0.717, 1.165) is 0 Å². The summed E-state index contributed by atoms with van der Waals surface area (Å²) in [6.45, 7) is 5.48. The lowest BCUT2D eigenvalue weighted by molar-refractivity contribution is -0.727. The lowest BCUT2D eigenvalue weighted by Crippen LogP contribution is -2.99. The Bertz CT molecular complexity index is 365. The number of hydroxylamine groups is 1. The van der Waals surface area contributed by atoms with E-state index in [1.807, 2.05) is 43.3 Å². The molecular formula is C13H15NO. The van der Waals surface area contributed by atoms with Gasteiger partial charge in [0.15, 0.2) is 0 Å². The lowest BCUT2D eigenvalue weighted by atomic mass is 10.2. The maximum atomic E-state index is 12.0. The number of nitrogens with one attached hydrogen (secondary N) is 1. The molecule has 2 nitrogen and oxygen atoms in total. The van der Waals surface area contributed by atoms with Gasteiger partial charge in [0.1, 0.15) is 11.4 Å². The second-order valence-electron chi connectivity index (χ2n) is 3.05. The number of allylic oxidation sites excluding steroid dienone is 4. The van der Waals surface area contributed by atoms with E-state index >= 15 is 0 Å². The SMILES string of the molecule is C=C/C=C(\C=C/C)[NH+]([O-])c1ccccc1. The van der Waals surface area contributed by atoms with E-state index in [9.17, 15) is 5.21 Å². The summed E-state index contributed by atoms with van der Waals surface area (Å²) in [5.74, 6) is 0. The molecule has 1 aromatic carbocycles. The van der Waals surface area contributed by atoms with Gasteiger partial charge in [0.05, 0.1) is 0 Å². The molecule has 0 aromatic heterocycles. The van der Waals surface area contributed by atoms with Gasteiger partial charge in [-0.15, -0.1) is 0 Å². The number of benzene rings is 1. The van der Waals surface area contributed by atoms with E-state index in [1.54, 1.807) is 18.2 Å². The summed E-state index contributed by atoms with van der Waals surface area (Å²) < 4.78 is 0. The van der Waals surface area contributed by atoms with Crippen LogP contribution in [-0.2, 0) is 0 Å². The van der Waals surface area contributed by atoms with Gasteiger partial charge in [-0.2, -0.15) is 0 Å². The van der Waals surface area contributed by atoms with Crippen molar-refractivity contribution in [3.8, 4) is 0 Å². The Kier molecular flexibility index (Phi) is 4.54. The van der Waals surface area contributed by atoms with Crippen LogP contribution < -0.4 is 5.06 Å². The van der Waals surface area contributed by atoms with Crippen molar-refractivity contribution in [2.75, 3.05) is 0 Å². The first-order valence-electron chi connectivity index (χ1n) is 4.84.